The summed E-state index contributed by atoms with van der Waals surface area (Å²) in [5, 5.41) is 0. The molecule has 3 rings (SSSR count). The third kappa shape index (κ3) is 2.34. The molecule has 0 aliphatic rings. The van der Waals surface area contributed by atoms with Crippen molar-refractivity contribution in [2.45, 2.75) is 13.8 Å². The maximum Gasteiger partial charge on any atom is 0.332 e. The van der Waals surface area contributed by atoms with Crippen LogP contribution in [0.25, 0.3) is 11.2 Å². The van der Waals surface area contributed by atoms with Crippen LogP contribution in [0.4, 0.5) is 0 Å². The van der Waals surface area contributed by atoms with Crippen molar-refractivity contribution in [3.8, 4) is 11.8 Å². The fourth-order valence-electron chi connectivity index (χ4n) is 2.69. The van der Waals surface area contributed by atoms with Crippen LogP contribution in [0.3, 0.4) is 0 Å². The average molecular weight is 314 g/mol. The minimum Gasteiger partial charge on any atom is -0.425 e. The van der Waals surface area contributed by atoms with E-state index >= 15 is 0 Å². The summed E-state index contributed by atoms with van der Waals surface area (Å²) in [4.78, 5) is 28.7. The molecule has 0 amide bonds. The van der Waals surface area contributed by atoms with E-state index in [1.54, 1.807) is 18.7 Å². The molecular formula is C16H18N4O3. The lowest BCUT2D eigenvalue weighted by atomic mass is 10.1. The van der Waals surface area contributed by atoms with Gasteiger partial charge < -0.3 is 4.74 Å². The first-order valence-electron chi connectivity index (χ1n) is 7.18. The lowest BCUT2D eigenvalue weighted by Gasteiger charge is -2.07. The summed E-state index contributed by atoms with van der Waals surface area (Å²) < 4.78 is 9.80. The van der Waals surface area contributed by atoms with Gasteiger partial charge >= 0.3 is 11.7 Å². The van der Waals surface area contributed by atoms with Crippen LogP contribution in [0, 0.1) is 13.8 Å². The molecule has 23 heavy (non-hydrogen) atoms. The van der Waals surface area contributed by atoms with Crippen LogP contribution < -0.4 is 16.0 Å². The summed E-state index contributed by atoms with van der Waals surface area (Å²) in [6.07, 6.45) is 0. The molecule has 0 N–H and O–H groups in total. The standard InChI is InChI=1S/C16H18N4O3/c1-9-6-10(2)8-11(7-9)23-15-17-13-12(18(15)3)14(21)20(5)16(22)19(13)4/h6-8H,1-5H3. The van der Waals surface area contributed by atoms with E-state index in [1.165, 1.54) is 11.6 Å². The van der Waals surface area contributed by atoms with Crippen molar-refractivity contribution in [1.82, 2.24) is 18.7 Å². The van der Waals surface area contributed by atoms with E-state index in [4.69, 9.17) is 4.74 Å². The van der Waals surface area contributed by atoms with Crippen LogP contribution in [0.5, 0.6) is 11.8 Å². The van der Waals surface area contributed by atoms with E-state index in [0.29, 0.717) is 16.9 Å². The Bertz CT molecular complexity index is 1020. The Hall–Kier alpha value is -2.83. The van der Waals surface area contributed by atoms with Crippen LogP contribution in [0.15, 0.2) is 27.8 Å². The van der Waals surface area contributed by atoms with Gasteiger partial charge in [-0.2, -0.15) is 4.98 Å². The predicted molar refractivity (Wildman–Crippen MR) is 87.2 cm³/mol. The van der Waals surface area contributed by atoms with Gasteiger partial charge in [0.25, 0.3) is 5.56 Å². The zero-order valence-electron chi connectivity index (χ0n) is 13.7. The van der Waals surface area contributed by atoms with E-state index in [2.05, 4.69) is 4.98 Å². The van der Waals surface area contributed by atoms with Crippen LogP contribution in [0.2, 0.25) is 0 Å². The second kappa shape index (κ2) is 5.12. The SMILES string of the molecule is Cc1cc(C)cc(Oc2nc3c(c(=O)n(C)c(=O)n3C)n2C)c1. The minimum absolute atomic E-state index is 0.267. The zero-order chi connectivity index (χ0) is 16.9. The highest BCUT2D eigenvalue weighted by Crippen LogP contribution is 2.24. The fraction of sp³-hybridized carbons (Fsp3) is 0.312. The van der Waals surface area contributed by atoms with E-state index in [0.717, 1.165) is 15.7 Å². The maximum atomic E-state index is 12.3. The normalized spacial score (nSPS) is 11.2. The predicted octanol–water partition coefficient (Wildman–Crippen LogP) is 1.38. The maximum absolute atomic E-state index is 12.3. The molecule has 0 saturated heterocycles. The third-order valence-corrected chi connectivity index (χ3v) is 3.84. The highest BCUT2D eigenvalue weighted by Gasteiger charge is 2.18. The lowest BCUT2D eigenvalue weighted by molar-refractivity contribution is 0.427. The molecule has 0 radical (unpaired) electrons. The molecular weight excluding hydrogens is 296 g/mol. The second-order valence-corrected chi connectivity index (χ2v) is 5.76. The van der Waals surface area contributed by atoms with Crippen molar-refractivity contribution in [2.75, 3.05) is 0 Å². The van der Waals surface area contributed by atoms with E-state index < -0.39 is 11.2 Å². The van der Waals surface area contributed by atoms with Crippen LogP contribution in [-0.4, -0.2) is 18.7 Å². The summed E-state index contributed by atoms with van der Waals surface area (Å²) in [6.45, 7) is 3.96. The molecule has 2 aromatic heterocycles. The monoisotopic (exact) mass is 314 g/mol. The average Bonchev–Trinajstić information content (AvgIpc) is 2.79. The van der Waals surface area contributed by atoms with Gasteiger partial charge in [-0.05, 0) is 37.1 Å². The topological polar surface area (TPSA) is 71.1 Å². The van der Waals surface area contributed by atoms with Gasteiger partial charge in [0.2, 0.25) is 0 Å². The number of aromatic nitrogens is 4. The largest absolute Gasteiger partial charge is 0.425 e. The van der Waals surface area contributed by atoms with Crippen molar-refractivity contribution in [2.24, 2.45) is 21.1 Å². The summed E-state index contributed by atoms with van der Waals surface area (Å²) in [7, 11) is 4.72. The molecule has 7 nitrogen and oxygen atoms in total. The Morgan fingerprint density at radius 2 is 1.52 bits per heavy atom. The summed E-state index contributed by atoms with van der Waals surface area (Å²) in [5.41, 5.74) is 1.96. The minimum atomic E-state index is -0.418. The fourth-order valence-corrected chi connectivity index (χ4v) is 2.69. The Morgan fingerprint density at radius 3 is 2.13 bits per heavy atom. The number of hydrogen-bond donors (Lipinski definition) is 0. The van der Waals surface area contributed by atoms with Gasteiger partial charge in [-0.1, -0.05) is 6.07 Å². The number of hydrogen-bond acceptors (Lipinski definition) is 4. The van der Waals surface area contributed by atoms with Crippen LogP contribution >= 0.6 is 0 Å². The molecule has 1 aromatic carbocycles. The molecule has 0 aliphatic carbocycles. The summed E-state index contributed by atoms with van der Waals surface area (Å²) in [6, 6.07) is 6.09. The quantitative estimate of drug-likeness (QED) is 0.716. The molecule has 0 fully saturated rings. The molecule has 0 atom stereocenters. The van der Waals surface area contributed by atoms with Gasteiger partial charge in [-0.15, -0.1) is 0 Å². The van der Waals surface area contributed by atoms with Crippen molar-refractivity contribution >= 4 is 11.2 Å². The Balaban J connectivity index is 2.22. The number of aryl methyl sites for hydroxylation is 4. The Labute approximate surface area is 132 Å². The molecule has 120 valence electrons. The Morgan fingerprint density at radius 1 is 0.913 bits per heavy atom. The van der Waals surface area contributed by atoms with E-state index in [1.807, 2.05) is 32.0 Å². The first-order chi connectivity index (χ1) is 10.8. The zero-order valence-corrected chi connectivity index (χ0v) is 13.7. The third-order valence-electron chi connectivity index (χ3n) is 3.84. The smallest absolute Gasteiger partial charge is 0.332 e. The van der Waals surface area contributed by atoms with Gasteiger partial charge in [0.05, 0.1) is 0 Å². The van der Waals surface area contributed by atoms with E-state index in [9.17, 15) is 9.59 Å². The number of nitrogens with zero attached hydrogens (tertiary/aromatic N) is 4. The lowest BCUT2D eigenvalue weighted by Crippen LogP contribution is -2.37. The number of imidazole rings is 1. The first kappa shape index (κ1) is 15.1. The molecule has 0 aliphatic heterocycles. The number of fused-ring (bicyclic) bond motifs is 1. The van der Waals surface area contributed by atoms with Gasteiger partial charge in [0.1, 0.15) is 5.75 Å². The molecule has 3 aromatic rings. The van der Waals surface area contributed by atoms with Gasteiger partial charge in [-0.3, -0.25) is 18.5 Å². The van der Waals surface area contributed by atoms with Crippen molar-refractivity contribution in [3.05, 3.63) is 50.2 Å². The highest BCUT2D eigenvalue weighted by atomic mass is 16.5. The molecule has 0 spiro atoms. The number of benzene rings is 1. The summed E-state index contributed by atoms with van der Waals surface area (Å²) >= 11 is 0. The van der Waals surface area contributed by atoms with Crippen LogP contribution in [0.1, 0.15) is 11.1 Å². The Kier molecular flexibility index (Phi) is 3.35. The first-order valence-corrected chi connectivity index (χ1v) is 7.18. The summed E-state index contributed by atoms with van der Waals surface area (Å²) in [5.74, 6) is 0.641. The van der Waals surface area contributed by atoms with Gasteiger partial charge in [0, 0.05) is 21.1 Å². The molecule has 7 heteroatoms. The highest BCUT2D eigenvalue weighted by molar-refractivity contribution is 5.71. The van der Waals surface area contributed by atoms with Crippen molar-refractivity contribution in [1.29, 1.82) is 0 Å². The van der Waals surface area contributed by atoms with Crippen molar-refractivity contribution in [3.63, 3.8) is 0 Å². The van der Waals surface area contributed by atoms with E-state index in [-0.39, 0.29) is 6.01 Å². The van der Waals surface area contributed by atoms with Crippen LogP contribution in [-0.2, 0) is 21.1 Å². The molecule has 0 saturated carbocycles. The second-order valence-electron chi connectivity index (χ2n) is 5.76. The van der Waals surface area contributed by atoms with Gasteiger partial charge in [0.15, 0.2) is 11.2 Å². The number of rotatable bonds is 2. The molecule has 2 heterocycles. The molecule has 0 unspecified atom stereocenters. The van der Waals surface area contributed by atoms with Gasteiger partial charge in [-0.25, -0.2) is 4.79 Å². The van der Waals surface area contributed by atoms with Crippen molar-refractivity contribution < 1.29 is 4.74 Å². The number of ether oxygens (including phenoxy) is 1. The molecule has 0 bridgehead atoms.